The lowest BCUT2D eigenvalue weighted by Crippen LogP contribution is -2.24. The maximum atomic E-state index is 4.41. The van der Waals surface area contributed by atoms with Crippen LogP contribution in [0.5, 0.6) is 0 Å². The van der Waals surface area contributed by atoms with Gasteiger partial charge in [0.1, 0.15) is 0 Å². The molecule has 1 saturated heterocycles. The Morgan fingerprint density at radius 2 is 2.19 bits per heavy atom. The number of unbranched alkanes of at least 4 members (excludes halogenated alkanes) is 2. The number of rotatable bonds is 6. The van der Waals surface area contributed by atoms with Crippen molar-refractivity contribution in [2.24, 2.45) is 4.99 Å². The summed E-state index contributed by atoms with van der Waals surface area (Å²) >= 11 is 0. The van der Waals surface area contributed by atoms with E-state index in [1.165, 1.54) is 51.0 Å². The lowest BCUT2D eigenvalue weighted by atomic mass is 10.1. The summed E-state index contributed by atoms with van der Waals surface area (Å²) in [5.74, 6) is 0. The quantitative estimate of drug-likeness (QED) is 0.637. The van der Waals surface area contributed by atoms with Crippen molar-refractivity contribution in [3.8, 4) is 0 Å². The Hall–Kier alpha value is -0.670. The van der Waals surface area contributed by atoms with Crippen LogP contribution in [0.15, 0.2) is 17.1 Å². The lowest BCUT2D eigenvalue weighted by Gasteiger charge is -2.14. The molecule has 0 spiro atoms. The molecule has 0 aromatic heterocycles. The highest BCUT2D eigenvalue weighted by molar-refractivity contribution is 5.96. The van der Waals surface area contributed by atoms with E-state index in [1.54, 1.807) is 0 Å². The van der Waals surface area contributed by atoms with Gasteiger partial charge in [-0.25, -0.2) is 0 Å². The van der Waals surface area contributed by atoms with E-state index in [-0.39, 0.29) is 0 Å². The summed E-state index contributed by atoms with van der Waals surface area (Å²) < 4.78 is 0. The number of nitrogens with zero attached hydrogens (tertiary/aromatic N) is 3. The minimum atomic E-state index is 0.912. The van der Waals surface area contributed by atoms with Gasteiger partial charge >= 0.3 is 0 Å². The average molecular weight is 221 g/mol. The SMILES string of the molecule is CN1CCN(CCCCCC2=NCC=C2)C1. The normalized spacial score (nSPS) is 21.9. The topological polar surface area (TPSA) is 18.8 Å². The van der Waals surface area contributed by atoms with Gasteiger partial charge in [-0.15, -0.1) is 0 Å². The second-order valence-corrected chi connectivity index (χ2v) is 4.88. The van der Waals surface area contributed by atoms with Crippen molar-refractivity contribution in [2.75, 3.05) is 39.9 Å². The Kier molecular flexibility index (Phi) is 4.55. The molecule has 2 aliphatic heterocycles. The van der Waals surface area contributed by atoms with Gasteiger partial charge in [0, 0.05) is 18.8 Å². The Morgan fingerprint density at radius 1 is 1.25 bits per heavy atom. The Balaban J connectivity index is 1.47. The predicted octanol–water partition coefficient (Wildman–Crippen LogP) is 1.76. The molecular weight excluding hydrogens is 198 g/mol. The summed E-state index contributed by atoms with van der Waals surface area (Å²) in [6.45, 7) is 5.84. The predicted molar refractivity (Wildman–Crippen MR) is 69.0 cm³/mol. The summed E-state index contributed by atoms with van der Waals surface area (Å²) in [6.07, 6.45) is 9.48. The van der Waals surface area contributed by atoms with Crippen LogP contribution in [0.3, 0.4) is 0 Å². The number of hydrogen-bond acceptors (Lipinski definition) is 3. The zero-order chi connectivity index (χ0) is 11.2. The van der Waals surface area contributed by atoms with Gasteiger partial charge in [-0.1, -0.05) is 12.5 Å². The Morgan fingerprint density at radius 3 is 2.88 bits per heavy atom. The zero-order valence-corrected chi connectivity index (χ0v) is 10.4. The highest BCUT2D eigenvalue weighted by Gasteiger charge is 2.14. The molecule has 1 fully saturated rings. The van der Waals surface area contributed by atoms with Crippen LogP contribution in [0, 0.1) is 0 Å². The highest BCUT2D eigenvalue weighted by Crippen LogP contribution is 2.08. The highest BCUT2D eigenvalue weighted by atomic mass is 15.4. The molecule has 0 radical (unpaired) electrons. The van der Waals surface area contributed by atoms with Gasteiger partial charge in [-0.05, 0) is 38.9 Å². The molecule has 0 aliphatic carbocycles. The standard InChI is InChI=1S/C13H23N3/c1-15-10-11-16(12-15)9-4-2-3-6-13-7-5-8-14-13/h5,7H,2-4,6,8-12H2,1H3. The molecule has 2 heterocycles. The lowest BCUT2D eigenvalue weighted by molar-refractivity contribution is 0.269. The summed E-state index contributed by atoms with van der Waals surface area (Å²) in [5, 5.41) is 0. The zero-order valence-electron chi connectivity index (χ0n) is 10.4. The van der Waals surface area contributed by atoms with Crippen LogP contribution < -0.4 is 0 Å². The van der Waals surface area contributed by atoms with E-state index in [2.05, 4.69) is 34.0 Å². The maximum absolute atomic E-state index is 4.41. The van der Waals surface area contributed by atoms with Gasteiger partial charge in [-0.3, -0.25) is 14.8 Å². The second kappa shape index (κ2) is 6.16. The summed E-state index contributed by atoms with van der Waals surface area (Å²) in [5.41, 5.74) is 1.31. The molecule has 0 saturated carbocycles. The fourth-order valence-electron chi connectivity index (χ4n) is 2.37. The van der Waals surface area contributed by atoms with Crippen molar-refractivity contribution in [1.82, 2.24) is 9.80 Å². The van der Waals surface area contributed by atoms with Crippen molar-refractivity contribution in [2.45, 2.75) is 25.7 Å². The molecule has 0 bridgehead atoms. The minimum absolute atomic E-state index is 0.912. The minimum Gasteiger partial charge on any atom is -0.292 e. The Bertz CT molecular complexity index is 270. The van der Waals surface area contributed by atoms with Gasteiger partial charge in [0.05, 0.1) is 13.2 Å². The number of allylic oxidation sites excluding steroid dienone is 1. The third kappa shape index (κ3) is 3.72. The van der Waals surface area contributed by atoms with Crippen LogP contribution in [0.1, 0.15) is 25.7 Å². The van der Waals surface area contributed by atoms with E-state index in [0.29, 0.717) is 0 Å². The monoisotopic (exact) mass is 221 g/mol. The van der Waals surface area contributed by atoms with Crippen LogP contribution in [0.25, 0.3) is 0 Å². The smallest absolute Gasteiger partial charge is 0.0577 e. The van der Waals surface area contributed by atoms with Crippen molar-refractivity contribution in [3.63, 3.8) is 0 Å². The third-order valence-corrected chi connectivity index (χ3v) is 3.36. The molecule has 2 rings (SSSR count). The van der Waals surface area contributed by atoms with Gasteiger partial charge in [-0.2, -0.15) is 0 Å². The maximum Gasteiger partial charge on any atom is 0.0577 e. The summed E-state index contributed by atoms with van der Waals surface area (Å²) in [7, 11) is 2.20. The van der Waals surface area contributed by atoms with Crippen LogP contribution in [-0.2, 0) is 0 Å². The van der Waals surface area contributed by atoms with Crippen LogP contribution in [0.2, 0.25) is 0 Å². The molecule has 0 unspecified atom stereocenters. The molecule has 0 atom stereocenters. The molecule has 0 N–H and O–H groups in total. The first kappa shape index (κ1) is 11.8. The number of hydrogen-bond donors (Lipinski definition) is 0. The average Bonchev–Trinajstić information content (AvgIpc) is 2.89. The van der Waals surface area contributed by atoms with Gasteiger partial charge < -0.3 is 0 Å². The largest absolute Gasteiger partial charge is 0.292 e. The van der Waals surface area contributed by atoms with Gasteiger partial charge in [0.25, 0.3) is 0 Å². The van der Waals surface area contributed by atoms with Crippen molar-refractivity contribution in [3.05, 3.63) is 12.2 Å². The summed E-state index contributed by atoms with van der Waals surface area (Å²) in [6, 6.07) is 0. The van der Waals surface area contributed by atoms with Gasteiger partial charge in [0.2, 0.25) is 0 Å². The fraction of sp³-hybridized carbons (Fsp3) is 0.769. The third-order valence-electron chi connectivity index (χ3n) is 3.36. The van der Waals surface area contributed by atoms with E-state index >= 15 is 0 Å². The van der Waals surface area contributed by atoms with E-state index < -0.39 is 0 Å². The molecule has 2 aliphatic rings. The van der Waals surface area contributed by atoms with Crippen LogP contribution >= 0.6 is 0 Å². The Labute approximate surface area is 98.8 Å². The molecular formula is C13H23N3. The van der Waals surface area contributed by atoms with Gasteiger partial charge in [0.15, 0.2) is 0 Å². The molecule has 0 aromatic carbocycles. The molecule has 3 heteroatoms. The first-order valence-corrected chi connectivity index (χ1v) is 6.45. The number of aliphatic imine (C=N–C) groups is 1. The first-order valence-electron chi connectivity index (χ1n) is 6.45. The second-order valence-electron chi connectivity index (χ2n) is 4.88. The molecule has 16 heavy (non-hydrogen) atoms. The number of likely N-dealkylation sites (N-methyl/N-ethyl adjacent to an activating group) is 1. The van der Waals surface area contributed by atoms with E-state index in [0.717, 1.165) is 13.2 Å². The molecule has 0 amide bonds. The van der Waals surface area contributed by atoms with Crippen molar-refractivity contribution < 1.29 is 0 Å². The fourth-order valence-corrected chi connectivity index (χ4v) is 2.37. The van der Waals surface area contributed by atoms with Crippen LogP contribution in [-0.4, -0.2) is 55.4 Å². The van der Waals surface area contributed by atoms with Crippen molar-refractivity contribution >= 4 is 5.71 Å². The first-order chi connectivity index (χ1) is 7.84. The molecule has 3 nitrogen and oxygen atoms in total. The van der Waals surface area contributed by atoms with Crippen LogP contribution in [0.4, 0.5) is 0 Å². The van der Waals surface area contributed by atoms with E-state index in [4.69, 9.17) is 0 Å². The van der Waals surface area contributed by atoms with E-state index in [1.807, 2.05) is 0 Å². The molecule has 90 valence electrons. The van der Waals surface area contributed by atoms with E-state index in [9.17, 15) is 0 Å². The summed E-state index contributed by atoms with van der Waals surface area (Å²) in [4.78, 5) is 9.34. The molecule has 0 aromatic rings. The van der Waals surface area contributed by atoms with Crippen molar-refractivity contribution in [1.29, 1.82) is 0 Å².